The number of anilines is 1. The van der Waals surface area contributed by atoms with Crippen molar-refractivity contribution in [1.29, 1.82) is 5.26 Å². The molecule has 0 fully saturated rings. The Morgan fingerprint density at radius 1 is 1.45 bits per heavy atom. The Morgan fingerprint density at radius 2 is 2.24 bits per heavy atom. The molecule has 0 spiro atoms. The average molecular weight is 413 g/mol. The largest absolute Gasteiger partial charge is 0.472 e. The zero-order valence-corrected chi connectivity index (χ0v) is 17.3. The lowest BCUT2D eigenvalue weighted by Crippen LogP contribution is -2.35. The van der Waals surface area contributed by atoms with Crippen molar-refractivity contribution in [2.45, 2.75) is 39.2 Å². The molecule has 0 saturated heterocycles. The van der Waals surface area contributed by atoms with E-state index in [0.29, 0.717) is 42.9 Å². The van der Waals surface area contributed by atoms with Gasteiger partial charge < -0.3 is 19.4 Å². The van der Waals surface area contributed by atoms with Gasteiger partial charge in [0.1, 0.15) is 17.2 Å². The van der Waals surface area contributed by atoms with Gasteiger partial charge in [-0.2, -0.15) is 5.26 Å². The molecule has 7 nitrogen and oxygen atoms in total. The molecule has 2 heterocycles. The third-order valence-corrected chi connectivity index (χ3v) is 6.00. The third-order valence-electron chi connectivity index (χ3n) is 4.83. The van der Waals surface area contributed by atoms with Crippen LogP contribution in [0.2, 0.25) is 0 Å². The number of furan rings is 1. The van der Waals surface area contributed by atoms with E-state index in [1.54, 1.807) is 17.0 Å². The molecule has 0 aromatic carbocycles. The van der Waals surface area contributed by atoms with E-state index in [0.717, 1.165) is 16.0 Å². The fourth-order valence-electron chi connectivity index (χ4n) is 3.26. The van der Waals surface area contributed by atoms with Crippen LogP contribution < -0.4 is 5.32 Å². The van der Waals surface area contributed by atoms with Crippen molar-refractivity contribution in [3.05, 3.63) is 46.2 Å². The minimum absolute atomic E-state index is 0.217. The normalized spacial score (nSPS) is 15.6. The molecule has 8 heteroatoms. The Balaban J connectivity index is 1.69. The summed E-state index contributed by atoms with van der Waals surface area (Å²) in [5.41, 5.74) is 2.23. The predicted molar refractivity (Wildman–Crippen MR) is 111 cm³/mol. The summed E-state index contributed by atoms with van der Waals surface area (Å²) >= 11 is 1.38. The Bertz CT molecular complexity index is 936. The highest BCUT2D eigenvalue weighted by Gasteiger charge is 2.29. The number of fused-ring (bicyclic) bond motifs is 1. The van der Waals surface area contributed by atoms with E-state index in [1.165, 1.54) is 29.9 Å². The fraction of sp³-hybridized carbons (Fsp3) is 0.381. The Hall–Kier alpha value is -3.05. The molecule has 1 atom stereocenters. The molecular weight excluding hydrogens is 390 g/mol. The van der Waals surface area contributed by atoms with Gasteiger partial charge in [-0.25, -0.2) is 4.79 Å². The zero-order valence-electron chi connectivity index (χ0n) is 16.4. The van der Waals surface area contributed by atoms with Crippen molar-refractivity contribution in [3.63, 3.8) is 0 Å². The minimum atomic E-state index is -0.314. The van der Waals surface area contributed by atoms with Crippen molar-refractivity contribution >= 4 is 34.4 Å². The molecule has 0 bridgehead atoms. The molecular formula is C21H23N3O4S. The number of hydrogen-bond acceptors (Lipinski definition) is 6. The summed E-state index contributed by atoms with van der Waals surface area (Å²) in [6.07, 6.45) is 7.45. The summed E-state index contributed by atoms with van der Waals surface area (Å²) < 4.78 is 10.6. The van der Waals surface area contributed by atoms with Crippen LogP contribution in [-0.2, 0) is 22.4 Å². The van der Waals surface area contributed by atoms with Crippen LogP contribution in [0.3, 0.4) is 0 Å². The first-order valence-corrected chi connectivity index (χ1v) is 10.4. The highest BCUT2D eigenvalue weighted by molar-refractivity contribution is 7.16. The van der Waals surface area contributed by atoms with Gasteiger partial charge in [-0.15, -0.1) is 11.3 Å². The lowest BCUT2D eigenvalue weighted by Gasteiger charge is -2.26. The molecule has 1 aliphatic rings. The fourth-order valence-corrected chi connectivity index (χ4v) is 4.52. The molecule has 0 saturated carbocycles. The molecule has 1 aliphatic carbocycles. The van der Waals surface area contributed by atoms with E-state index < -0.39 is 0 Å². The van der Waals surface area contributed by atoms with Crippen molar-refractivity contribution in [3.8, 4) is 6.07 Å². The summed E-state index contributed by atoms with van der Waals surface area (Å²) in [6.45, 7) is 5.04. The second-order valence-corrected chi connectivity index (χ2v) is 7.73. The minimum Gasteiger partial charge on any atom is -0.472 e. The van der Waals surface area contributed by atoms with Gasteiger partial charge in [-0.3, -0.25) is 4.79 Å². The van der Waals surface area contributed by atoms with Gasteiger partial charge in [0.05, 0.1) is 18.1 Å². The lowest BCUT2D eigenvalue weighted by atomic mass is 9.94. The van der Waals surface area contributed by atoms with Crippen LogP contribution in [0.4, 0.5) is 9.80 Å². The number of nitrogens with zero attached hydrogens (tertiary/aromatic N) is 2. The summed E-state index contributed by atoms with van der Waals surface area (Å²) in [6, 6.07) is 3.96. The van der Waals surface area contributed by atoms with Crippen LogP contribution in [0.15, 0.2) is 29.1 Å². The van der Waals surface area contributed by atoms with Crippen LogP contribution in [0.25, 0.3) is 6.08 Å². The number of carbonyl (C=O) groups excluding carboxylic acids is 2. The summed E-state index contributed by atoms with van der Waals surface area (Å²) in [7, 11) is 0. The van der Waals surface area contributed by atoms with Crippen LogP contribution in [-0.4, -0.2) is 36.1 Å². The van der Waals surface area contributed by atoms with E-state index >= 15 is 0 Å². The highest BCUT2D eigenvalue weighted by Crippen LogP contribution is 2.38. The van der Waals surface area contributed by atoms with Gasteiger partial charge in [0.25, 0.3) is 0 Å². The first-order valence-electron chi connectivity index (χ1n) is 9.57. The topological polar surface area (TPSA) is 95.6 Å². The molecule has 0 aliphatic heterocycles. The monoisotopic (exact) mass is 413 g/mol. The number of thiophene rings is 1. The number of amides is 2. The van der Waals surface area contributed by atoms with Crippen molar-refractivity contribution < 1.29 is 18.7 Å². The quantitative estimate of drug-likeness (QED) is 0.716. The van der Waals surface area contributed by atoms with Crippen molar-refractivity contribution in [1.82, 2.24) is 4.90 Å². The van der Waals surface area contributed by atoms with Gasteiger partial charge in [-0.05, 0) is 44.4 Å². The van der Waals surface area contributed by atoms with Crippen LogP contribution in [0.5, 0.6) is 0 Å². The maximum atomic E-state index is 12.2. The summed E-state index contributed by atoms with van der Waals surface area (Å²) in [4.78, 5) is 27.1. The Morgan fingerprint density at radius 3 is 2.90 bits per heavy atom. The first kappa shape index (κ1) is 20.7. The number of carbonyl (C=O) groups is 2. The molecule has 2 amide bonds. The van der Waals surface area contributed by atoms with Crippen LogP contribution >= 0.6 is 11.3 Å². The number of hydrogen-bond donors (Lipinski definition) is 1. The molecule has 29 heavy (non-hydrogen) atoms. The average Bonchev–Trinajstić information content (AvgIpc) is 3.34. The number of nitriles is 1. The zero-order chi connectivity index (χ0) is 20.8. The highest BCUT2D eigenvalue weighted by atomic mass is 32.1. The third kappa shape index (κ3) is 4.87. The van der Waals surface area contributed by atoms with E-state index in [9.17, 15) is 14.9 Å². The Kier molecular flexibility index (Phi) is 6.73. The van der Waals surface area contributed by atoms with Crippen LogP contribution in [0, 0.1) is 11.3 Å². The summed E-state index contributed by atoms with van der Waals surface area (Å²) in [5, 5.41) is 12.9. The Labute approximate surface area is 173 Å². The molecule has 2 aromatic heterocycles. The van der Waals surface area contributed by atoms with Crippen molar-refractivity contribution in [2.24, 2.45) is 0 Å². The lowest BCUT2D eigenvalue weighted by molar-refractivity contribution is -0.111. The van der Waals surface area contributed by atoms with Gasteiger partial charge >= 0.3 is 6.09 Å². The standard InChI is InChI=1S/C21H23N3O4S/c1-3-24(4-2)21(26)28-15-6-7-16-17(12-22)20(29-18(16)11-15)23-19(25)8-5-14-9-10-27-13-14/h5,8-10,13,15H,3-4,6-7,11H2,1-2H3,(H,23,25)/b8-5+. The van der Waals surface area contributed by atoms with Gasteiger partial charge in [0.15, 0.2) is 0 Å². The number of rotatable bonds is 6. The molecule has 1 unspecified atom stereocenters. The SMILES string of the molecule is CCN(CC)C(=O)OC1CCc2c(sc(NC(=O)/C=C/c3ccoc3)c2C#N)C1. The first-order chi connectivity index (χ1) is 14.0. The van der Waals surface area contributed by atoms with Gasteiger partial charge in [0.2, 0.25) is 5.91 Å². The summed E-state index contributed by atoms with van der Waals surface area (Å²) in [5.74, 6) is -0.314. The van der Waals surface area contributed by atoms with Gasteiger partial charge in [0, 0.05) is 36.0 Å². The molecule has 0 radical (unpaired) electrons. The number of ether oxygens (including phenoxy) is 1. The maximum Gasteiger partial charge on any atom is 0.410 e. The second-order valence-electron chi connectivity index (χ2n) is 6.62. The van der Waals surface area contributed by atoms with Crippen LogP contribution in [0.1, 0.15) is 41.8 Å². The van der Waals surface area contributed by atoms with E-state index in [2.05, 4.69) is 11.4 Å². The van der Waals surface area contributed by atoms with Gasteiger partial charge in [-0.1, -0.05) is 0 Å². The second kappa shape index (κ2) is 9.43. The predicted octanol–water partition coefficient (Wildman–Crippen LogP) is 4.20. The van der Waals surface area contributed by atoms with Crippen molar-refractivity contribution in [2.75, 3.05) is 18.4 Å². The van der Waals surface area contributed by atoms with E-state index in [-0.39, 0.29) is 18.1 Å². The molecule has 1 N–H and O–H groups in total. The van der Waals surface area contributed by atoms with E-state index in [1.807, 2.05) is 13.8 Å². The maximum absolute atomic E-state index is 12.2. The molecule has 3 rings (SSSR count). The molecule has 152 valence electrons. The smallest absolute Gasteiger partial charge is 0.410 e. The molecule has 2 aromatic rings. The van der Waals surface area contributed by atoms with E-state index in [4.69, 9.17) is 9.15 Å². The number of nitrogens with one attached hydrogen (secondary N) is 1.